The van der Waals surface area contributed by atoms with Gasteiger partial charge in [0.1, 0.15) is 0 Å². The maximum absolute atomic E-state index is 13.1. The highest BCUT2D eigenvalue weighted by atomic mass is 32.1. The summed E-state index contributed by atoms with van der Waals surface area (Å²) in [6.45, 7) is 3.66. The number of halogens is 2. The van der Waals surface area contributed by atoms with Gasteiger partial charge in [-0.3, -0.25) is 4.79 Å². The van der Waals surface area contributed by atoms with E-state index in [9.17, 15) is 13.6 Å². The van der Waals surface area contributed by atoms with E-state index in [0.29, 0.717) is 13.1 Å². The molecule has 1 aromatic rings. The highest BCUT2D eigenvalue weighted by Gasteiger charge is 2.41. The van der Waals surface area contributed by atoms with E-state index >= 15 is 0 Å². The third kappa shape index (κ3) is 2.63. The zero-order valence-electron chi connectivity index (χ0n) is 11.3. The molecule has 2 aliphatic heterocycles. The number of nitrogens with zero attached hydrogens (tertiary/aromatic N) is 3. The average Bonchev–Trinajstić information content (AvgIpc) is 2.73. The lowest BCUT2D eigenvalue weighted by Gasteiger charge is -2.42. The number of carbonyl (C=O) groups is 1. The summed E-state index contributed by atoms with van der Waals surface area (Å²) in [6, 6.07) is 0. The number of alkyl halides is 2. The normalized spacial score (nSPS) is 22.8. The van der Waals surface area contributed by atoms with Gasteiger partial charge in [0.15, 0.2) is 5.13 Å². The second kappa shape index (κ2) is 4.95. The topological polar surface area (TPSA) is 36.4 Å². The Kier molecular flexibility index (Phi) is 3.40. The number of rotatable bonds is 2. The zero-order valence-corrected chi connectivity index (χ0v) is 12.1. The van der Waals surface area contributed by atoms with Crippen molar-refractivity contribution in [2.45, 2.75) is 25.7 Å². The van der Waals surface area contributed by atoms with Crippen LogP contribution in [-0.4, -0.2) is 47.9 Å². The molecule has 0 bridgehead atoms. The van der Waals surface area contributed by atoms with Crippen molar-refractivity contribution in [3.8, 4) is 0 Å². The summed E-state index contributed by atoms with van der Waals surface area (Å²) in [5, 5.41) is 0.941. The SMILES string of the molecule is Cc1cnc(N2CC(C(=O)N3CCC(F)(F)CC3)C2)s1. The summed E-state index contributed by atoms with van der Waals surface area (Å²) in [6.07, 6.45) is 1.41. The predicted molar refractivity (Wildman–Crippen MR) is 73.3 cm³/mol. The molecule has 2 aliphatic rings. The largest absolute Gasteiger partial charge is 0.346 e. The Balaban J connectivity index is 1.51. The number of anilines is 1. The number of piperidine rings is 1. The molecule has 0 aromatic carbocycles. The molecular formula is C13H17F2N3OS. The quantitative estimate of drug-likeness (QED) is 0.840. The summed E-state index contributed by atoms with van der Waals surface area (Å²) in [5.41, 5.74) is 0. The molecule has 0 saturated carbocycles. The molecule has 0 unspecified atom stereocenters. The molecule has 3 heterocycles. The maximum atomic E-state index is 13.1. The first-order valence-corrected chi connectivity index (χ1v) is 7.60. The second-order valence-corrected chi connectivity index (χ2v) is 6.75. The van der Waals surface area contributed by atoms with E-state index in [0.717, 1.165) is 10.0 Å². The Labute approximate surface area is 120 Å². The van der Waals surface area contributed by atoms with E-state index in [1.807, 2.05) is 13.1 Å². The van der Waals surface area contributed by atoms with Gasteiger partial charge in [0, 0.05) is 50.1 Å². The fraction of sp³-hybridized carbons (Fsp3) is 0.692. The lowest BCUT2D eigenvalue weighted by molar-refractivity contribution is -0.142. The number of hydrogen-bond donors (Lipinski definition) is 0. The van der Waals surface area contributed by atoms with Gasteiger partial charge in [-0.15, -0.1) is 11.3 Å². The lowest BCUT2D eigenvalue weighted by atomic mass is 9.97. The molecule has 2 saturated heterocycles. The van der Waals surface area contributed by atoms with Gasteiger partial charge in [-0.1, -0.05) is 0 Å². The number of amides is 1. The maximum Gasteiger partial charge on any atom is 0.251 e. The van der Waals surface area contributed by atoms with E-state index in [1.165, 1.54) is 0 Å². The van der Waals surface area contributed by atoms with Crippen LogP contribution in [0.15, 0.2) is 6.20 Å². The van der Waals surface area contributed by atoms with Crippen molar-refractivity contribution >= 4 is 22.4 Å². The van der Waals surface area contributed by atoms with Gasteiger partial charge in [-0.05, 0) is 6.92 Å². The summed E-state index contributed by atoms with van der Waals surface area (Å²) in [5.74, 6) is -2.64. The number of aromatic nitrogens is 1. The summed E-state index contributed by atoms with van der Waals surface area (Å²) in [7, 11) is 0. The minimum Gasteiger partial charge on any atom is -0.346 e. The molecule has 110 valence electrons. The van der Waals surface area contributed by atoms with Crippen molar-refractivity contribution in [3.63, 3.8) is 0 Å². The van der Waals surface area contributed by atoms with E-state index in [-0.39, 0.29) is 37.8 Å². The van der Waals surface area contributed by atoms with Gasteiger partial charge in [-0.2, -0.15) is 0 Å². The van der Waals surface area contributed by atoms with Crippen molar-refractivity contribution < 1.29 is 13.6 Å². The Hall–Kier alpha value is -1.24. The molecule has 2 fully saturated rings. The molecule has 20 heavy (non-hydrogen) atoms. The fourth-order valence-electron chi connectivity index (χ4n) is 2.59. The minimum absolute atomic E-state index is 0.0185. The van der Waals surface area contributed by atoms with Gasteiger partial charge in [0.2, 0.25) is 5.91 Å². The van der Waals surface area contributed by atoms with Gasteiger partial charge in [0.05, 0.1) is 5.92 Å². The molecule has 0 N–H and O–H groups in total. The first-order chi connectivity index (χ1) is 9.44. The van der Waals surface area contributed by atoms with Crippen LogP contribution in [-0.2, 0) is 4.79 Å². The van der Waals surface area contributed by atoms with Crippen LogP contribution < -0.4 is 4.90 Å². The molecule has 4 nitrogen and oxygen atoms in total. The number of carbonyl (C=O) groups excluding carboxylic acids is 1. The van der Waals surface area contributed by atoms with Gasteiger partial charge in [-0.25, -0.2) is 13.8 Å². The Bertz CT molecular complexity index is 503. The minimum atomic E-state index is -2.60. The second-order valence-electron chi connectivity index (χ2n) is 5.54. The number of likely N-dealkylation sites (tertiary alicyclic amines) is 1. The zero-order chi connectivity index (χ0) is 14.3. The number of aryl methyl sites for hydroxylation is 1. The standard InChI is InChI=1S/C13H17F2N3OS/c1-9-6-16-12(20-9)18-7-10(8-18)11(19)17-4-2-13(14,15)3-5-17/h6,10H,2-5,7-8H2,1H3. The van der Waals surface area contributed by atoms with Crippen LogP contribution in [0.3, 0.4) is 0 Å². The third-order valence-corrected chi connectivity index (χ3v) is 4.89. The first kappa shape index (κ1) is 13.7. The molecule has 0 radical (unpaired) electrons. The molecule has 0 aliphatic carbocycles. The van der Waals surface area contributed by atoms with Crippen molar-refractivity contribution in [2.24, 2.45) is 5.92 Å². The molecule has 0 atom stereocenters. The summed E-state index contributed by atoms with van der Waals surface area (Å²) in [4.78, 5) is 21.3. The van der Waals surface area contributed by atoms with Crippen LogP contribution >= 0.6 is 11.3 Å². The van der Waals surface area contributed by atoms with Crippen LogP contribution in [0.1, 0.15) is 17.7 Å². The van der Waals surface area contributed by atoms with E-state index in [1.54, 1.807) is 16.2 Å². The van der Waals surface area contributed by atoms with Crippen molar-refractivity contribution in [1.82, 2.24) is 9.88 Å². The van der Waals surface area contributed by atoms with Crippen LogP contribution in [0.4, 0.5) is 13.9 Å². The van der Waals surface area contributed by atoms with Crippen LogP contribution in [0.2, 0.25) is 0 Å². The highest BCUT2D eigenvalue weighted by Crippen LogP contribution is 2.32. The summed E-state index contributed by atoms with van der Waals surface area (Å²) >= 11 is 1.61. The fourth-order valence-corrected chi connectivity index (χ4v) is 3.37. The monoisotopic (exact) mass is 301 g/mol. The highest BCUT2D eigenvalue weighted by molar-refractivity contribution is 7.15. The number of hydrogen-bond acceptors (Lipinski definition) is 4. The molecule has 3 rings (SSSR count). The van der Waals surface area contributed by atoms with Gasteiger partial charge < -0.3 is 9.80 Å². The van der Waals surface area contributed by atoms with E-state index in [4.69, 9.17) is 0 Å². The molecule has 1 aromatic heterocycles. The Morgan fingerprint density at radius 1 is 1.40 bits per heavy atom. The van der Waals surface area contributed by atoms with Gasteiger partial charge in [0.25, 0.3) is 5.92 Å². The number of thiazole rings is 1. The summed E-state index contributed by atoms with van der Waals surface area (Å²) < 4.78 is 26.1. The Morgan fingerprint density at radius 3 is 2.60 bits per heavy atom. The van der Waals surface area contributed by atoms with E-state index < -0.39 is 5.92 Å². The smallest absolute Gasteiger partial charge is 0.251 e. The van der Waals surface area contributed by atoms with Crippen molar-refractivity contribution in [1.29, 1.82) is 0 Å². The van der Waals surface area contributed by atoms with Crippen LogP contribution in [0, 0.1) is 12.8 Å². The third-order valence-electron chi connectivity index (χ3n) is 3.92. The van der Waals surface area contributed by atoms with E-state index in [2.05, 4.69) is 9.88 Å². The predicted octanol–water partition coefficient (Wildman–Crippen LogP) is 2.15. The van der Waals surface area contributed by atoms with Crippen molar-refractivity contribution in [3.05, 3.63) is 11.1 Å². The first-order valence-electron chi connectivity index (χ1n) is 6.79. The average molecular weight is 301 g/mol. The van der Waals surface area contributed by atoms with Crippen LogP contribution in [0.5, 0.6) is 0 Å². The van der Waals surface area contributed by atoms with Gasteiger partial charge >= 0.3 is 0 Å². The molecule has 1 amide bonds. The van der Waals surface area contributed by atoms with Crippen LogP contribution in [0.25, 0.3) is 0 Å². The lowest BCUT2D eigenvalue weighted by Crippen LogP contribution is -2.56. The molecule has 0 spiro atoms. The molecule has 7 heteroatoms. The molecular weight excluding hydrogens is 284 g/mol. The Morgan fingerprint density at radius 2 is 2.05 bits per heavy atom. The van der Waals surface area contributed by atoms with Crippen molar-refractivity contribution in [2.75, 3.05) is 31.1 Å².